The Balaban J connectivity index is 2.89. The zero-order valence-corrected chi connectivity index (χ0v) is 11.6. The van der Waals surface area contributed by atoms with Crippen LogP contribution in [0.5, 0.6) is 0 Å². The SMILES string of the molecule is CCOC(=O)c1ccccc1NC(=O)N(CC)CC. The van der Waals surface area contributed by atoms with E-state index in [1.165, 1.54) is 0 Å². The third-order valence-electron chi connectivity index (χ3n) is 2.71. The third kappa shape index (κ3) is 3.98. The Kier molecular flexibility index (Phi) is 5.85. The number of anilines is 1. The van der Waals surface area contributed by atoms with Crippen LogP contribution in [-0.4, -0.2) is 36.6 Å². The van der Waals surface area contributed by atoms with Gasteiger partial charge in [-0.25, -0.2) is 9.59 Å². The molecule has 0 radical (unpaired) electrons. The molecule has 2 amide bonds. The highest BCUT2D eigenvalue weighted by Crippen LogP contribution is 2.16. The number of amides is 2. The molecule has 0 fully saturated rings. The molecule has 0 aliphatic rings. The van der Waals surface area contributed by atoms with E-state index in [9.17, 15) is 9.59 Å². The number of hydrogen-bond acceptors (Lipinski definition) is 3. The maximum Gasteiger partial charge on any atom is 0.340 e. The Bertz CT molecular complexity index is 442. The molecular weight excluding hydrogens is 244 g/mol. The Morgan fingerprint density at radius 2 is 1.79 bits per heavy atom. The second kappa shape index (κ2) is 7.41. The van der Waals surface area contributed by atoms with Crippen LogP contribution in [0.25, 0.3) is 0 Å². The van der Waals surface area contributed by atoms with Crippen molar-refractivity contribution >= 4 is 17.7 Å². The van der Waals surface area contributed by atoms with Crippen molar-refractivity contribution in [1.29, 1.82) is 0 Å². The number of nitrogens with one attached hydrogen (secondary N) is 1. The van der Waals surface area contributed by atoms with E-state index in [1.807, 2.05) is 13.8 Å². The summed E-state index contributed by atoms with van der Waals surface area (Å²) in [5.41, 5.74) is 0.836. The molecule has 0 aliphatic heterocycles. The summed E-state index contributed by atoms with van der Waals surface area (Å²) in [4.78, 5) is 25.4. The molecule has 1 N–H and O–H groups in total. The highest BCUT2D eigenvalue weighted by Gasteiger charge is 2.15. The minimum Gasteiger partial charge on any atom is -0.462 e. The van der Waals surface area contributed by atoms with Crippen LogP contribution in [0.1, 0.15) is 31.1 Å². The Labute approximate surface area is 113 Å². The van der Waals surface area contributed by atoms with Gasteiger partial charge in [0, 0.05) is 13.1 Å². The number of ether oxygens (including phenoxy) is 1. The predicted octanol–water partition coefficient (Wildman–Crippen LogP) is 2.74. The third-order valence-corrected chi connectivity index (χ3v) is 2.71. The van der Waals surface area contributed by atoms with Crippen molar-refractivity contribution in [1.82, 2.24) is 4.90 Å². The monoisotopic (exact) mass is 264 g/mol. The second-order valence-corrected chi connectivity index (χ2v) is 3.87. The molecular formula is C14H20N2O3. The molecule has 19 heavy (non-hydrogen) atoms. The van der Waals surface area contributed by atoms with Gasteiger partial charge in [-0.15, -0.1) is 0 Å². The number of esters is 1. The molecule has 0 aliphatic carbocycles. The van der Waals surface area contributed by atoms with Crippen LogP contribution in [-0.2, 0) is 4.74 Å². The summed E-state index contributed by atoms with van der Waals surface area (Å²) in [5.74, 6) is -0.432. The minimum absolute atomic E-state index is 0.221. The van der Waals surface area contributed by atoms with Gasteiger partial charge in [0.05, 0.1) is 17.9 Å². The summed E-state index contributed by atoms with van der Waals surface area (Å²) in [6.45, 7) is 7.08. The van der Waals surface area contributed by atoms with Crippen molar-refractivity contribution in [2.75, 3.05) is 25.0 Å². The van der Waals surface area contributed by atoms with Crippen LogP contribution in [0, 0.1) is 0 Å². The first-order chi connectivity index (χ1) is 9.13. The standard InChI is InChI=1S/C14H20N2O3/c1-4-16(5-2)14(18)15-12-10-8-7-9-11(12)13(17)19-6-3/h7-10H,4-6H2,1-3H3,(H,15,18). The van der Waals surface area contributed by atoms with Crippen LogP contribution < -0.4 is 5.32 Å². The summed E-state index contributed by atoms with van der Waals surface area (Å²) < 4.78 is 4.96. The number of urea groups is 1. The molecule has 1 aromatic carbocycles. The number of benzene rings is 1. The van der Waals surface area contributed by atoms with Gasteiger partial charge in [-0.1, -0.05) is 12.1 Å². The van der Waals surface area contributed by atoms with E-state index in [0.29, 0.717) is 30.9 Å². The average molecular weight is 264 g/mol. The first-order valence-electron chi connectivity index (χ1n) is 6.46. The number of hydrogen-bond donors (Lipinski definition) is 1. The molecule has 0 spiro atoms. The van der Waals surface area contributed by atoms with Crippen LogP contribution in [0.15, 0.2) is 24.3 Å². The highest BCUT2D eigenvalue weighted by molar-refractivity contribution is 6.00. The number of nitrogens with zero attached hydrogens (tertiary/aromatic N) is 1. The smallest absolute Gasteiger partial charge is 0.340 e. The fraction of sp³-hybridized carbons (Fsp3) is 0.429. The maximum atomic E-state index is 12.0. The van der Waals surface area contributed by atoms with Crippen molar-refractivity contribution < 1.29 is 14.3 Å². The van der Waals surface area contributed by atoms with Gasteiger partial charge in [-0.2, -0.15) is 0 Å². The molecule has 0 unspecified atom stereocenters. The van der Waals surface area contributed by atoms with E-state index < -0.39 is 5.97 Å². The zero-order valence-electron chi connectivity index (χ0n) is 11.6. The van der Waals surface area contributed by atoms with Gasteiger partial charge < -0.3 is 15.0 Å². The van der Waals surface area contributed by atoms with E-state index >= 15 is 0 Å². The summed E-state index contributed by atoms with van der Waals surface area (Å²) in [7, 11) is 0. The molecule has 0 bridgehead atoms. The minimum atomic E-state index is -0.432. The van der Waals surface area contributed by atoms with Crippen molar-refractivity contribution in [3.63, 3.8) is 0 Å². The quantitative estimate of drug-likeness (QED) is 0.832. The van der Waals surface area contributed by atoms with Crippen LogP contribution >= 0.6 is 0 Å². The van der Waals surface area contributed by atoms with Crippen LogP contribution in [0.4, 0.5) is 10.5 Å². The molecule has 0 saturated heterocycles. The number of para-hydroxylation sites is 1. The molecule has 5 nitrogen and oxygen atoms in total. The largest absolute Gasteiger partial charge is 0.462 e. The molecule has 5 heteroatoms. The number of rotatable bonds is 5. The molecule has 1 aromatic rings. The van der Waals surface area contributed by atoms with Gasteiger partial charge in [0.2, 0.25) is 0 Å². The van der Waals surface area contributed by atoms with Gasteiger partial charge in [-0.05, 0) is 32.9 Å². The lowest BCUT2D eigenvalue weighted by atomic mass is 10.2. The summed E-state index contributed by atoms with van der Waals surface area (Å²) >= 11 is 0. The van der Waals surface area contributed by atoms with E-state index in [1.54, 1.807) is 36.1 Å². The molecule has 0 saturated carbocycles. The van der Waals surface area contributed by atoms with Gasteiger partial charge in [0.15, 0.2) is 0 Å². The topological polar surface area (TPSA) is 58.6 Å². The first kappa shape index (κ1) is 15.0. The lowest BCUT2D eigenvalue weighted by Crippen LogP contribution is -2.34. The Hall–Kier alpha value is -2.04. The summed E-state index contributed by atoms with van der Waals surface area (Å²) in [6.07, 6.45) is 0. The average Bonchev–Trinajstić information content (AvgIpc) is 2.41. The van der Waals surface area contributed by atoms with Gasteiger partial charge >= 0.3 is 12.0 Å². The van der Waals surface area contributed by atoms with E-state index in [2.05, 4.69) is 5.32 Å². The normalized spacial score (nSPS) is 9.84. The molecule has 0 heterocycles. The Morgan fingerprint density at radius 3 is 2.37 bits per heavy atom. The van der Waals surface area contributed by atoms with Crippen LogP contribution in [0.2, 0.25) is 0 Å². The zero-order chi connectivity index (χ0) is 14.3. The lowest BCUT2D eigenvalue weighted by Gasteiger charge is -2.20. The van der Waals surface area contributed by atoms with E-state index in [4.69, 9.17) is 4.74 Å². The second-order valence-electron chi connectivity index (χ2n) is 3.87. The van der Waals surface area contributed by atoms with Gasteiger partial charge in [-0.3, -0.25) is 0 Å². The van der Waals surface area contributed by atoms with Crippen molar-refractivity contribution in [3.05, 3.63) is 29.8 Å². The maximum absolute atomic E-state index is 12.0. The summed E-state index contributed by atoms with van der Waals surface area (Å²) in [5, 5.41) is 2.74. The fourth-order valence-corrected chi connectivity index (χ4v) is 1.68. The number of carbonyl (C=O) groups excluding carboxylic acids is 2. The van der Waals surface area contributed by atoms with E-state index in [-0.39, 0.29) is 6.03 Å². The van der Waals surface area contributed by atoms with Gasteiger partial charge in [0.25, 0.3) is 0 Å². The number of carbonyl (C=O) groups is 2. The van der Waals surface area contributed by atoms with E-state index in [0.717, 1.165) is 0 Å². The summed E-state index contributed by atoms with van der Waals surface area (Å²) in [6, 6.07) is 6.60. The van der Waals surface area contributed by atoms with Crippen molar-refractivity contribution in [2.45, 2.75) is 20.8 Å². The molecule has 0 atom stereocenters. The lowest BCUT2D eigenvalue weighted by molar-refractivity contribution is 0.0527. The van der Waals surface area contributed by atoms with Gasteiger partial charge in [0.1, 0.15) is 0 Å². The fourth-order valence-electron chi connectivity index (χ4n) is 1.68. The van der Waals surface area contributed by atoms with Crippen LogP contribution in [0.3, 0.4) is 0 Å². The first-order valence-corrected chi connectivity index (χ1v) is 6.46. The van der Waals surface area contributed by atoms with Crippen molar-refractivity contribution in [2.24, 2.45) is 0 Å². The molecule has 1 rings (SSSR count). The predicted molar refractivity (Wildman–Crippen MR) is 74.3 cm³/mol. The molecule has 0 aromatic heterocycles. The Morgan fingerprint density at radius 1 is 1.16 bits per heavy atom. The van der Waals surface area contributed by atoms with Crippen molar-refractivity contribution in [3.8, 4) is 0 Å². The molecule has 104 valence electrons. The highest BCUT2D eigenvalue weighted by atomic mass is 16.5.